The summed E-state index contributed by atoms with van der Waals surface area (Å²) in [6, 6.07) is 7.69. The standard InChI is InChI=1S/C17H20N2O2/c1-10(2)16(20)15-9-12-8-13(6-7-14(12)19(15)3)18-17(21)11-4-5-11/h6-11H,4-5H2,1-3H3,(H,18,21). The predicted molar refractivity (Wildman–Crippen MR) is 83.4 cm³/mol. The molecule has 1 saturated carbocycles. The Hall–Kier alpha value is -2.10. The number of carbonyl (C=O) groups is 2. The highest BCUT2D eigenvalue weighted by Gasteiger charge is 2.29. The number of anilines is 1. The van der Waals surface area contributed by atoms with Crippen molar-refractivity contribution in [2.75, 3.05) is 5.32 Å². The highest BCUT2D eigenvalue weighted by molar-refractivity contribution is 6.02. The van der Waals surface area contributed by atoms with Crippen molar-refractivity contribution in [1.29, 1.82) is 0 Å². The first kappa shape index (κ1) is 13.9. The molecule has 3 rings (SSSR count). The monoisotopic (exact) mass is 284 g/mol. The van der Waals surface area contributed by atoms with Gasteiger partial charge in [0.25, 0.3) is 0 Å². The summed E-state index contributed by atoms with van der Waals surface area (Å²) in [5.74, 6) is 0.401. The Morgan fingerprint density at radius 3 is 2.57 bits per heavy atom. The van der Waals surface area contributed by atoms with Gasteiger partial charge in [-0.2, -0.15) is 0 Å². The highest BCUT2D eigenvalue weighted by Crippen LogP contribution is 2.31. The molecule has 1 fully saturated rings. The molecule has 0 spiro atoms. The van der Waals surface area contributed by atoms with Crippen molar-refractivity contribution in [2.24, 2.45) is 18.9 Å². The van der Waals surface area contributed by atoms with E-state index < -0.39 is 0 Å². The molecule has 0 bridgehead atoms. The molecule has 1 aromatic heterocycles. The van der Waals surface area contributed by atoms with Crippen molar-refractivity contribution >= 4 is 28.3 Å². The highest BCUT2D eigenvalue weighted by atomic mass is 16.2. The van der Waals surface area contributed by atoms with E-state index in [4.69, 9.17) is 0 Å². The lowest BCUT2D eigenvalue weighted by Gasteiger charge is -2.06. The van der Waals surface area contributed by atoms with Crippen molar-refractivity contribution in [3.63, 3.8) is 0 Å². The summed E-state index contributed by atoms with van der Waals surface area (Å²) in [6.07, 6.45) is 1.99. The molecule has 110 valence electrons. The molecule has 1 aliphatic rings. The van der Waals surface area contributed by atoms with Crippen LogP contribution in [0.25, 0.3) is 10.9 Å². The van der Waals surface area contributed by atoms with Crippen LogP contribution in [0.2, 0.25) is 0 Å². The lowest BCUT2D eigenvalue weighted by Crippen LogP contribution is -2.13. The fourth-order valence-corrected chi connectivity index (χ4v) is 2.55. The minimum atomic E-state index is -0.0259. The Labute approximate surface area is 124 Å². The molecule has 0 unspecified atom stereocenters. The molecule has 1 aromatic carbocycles. The van der Waals surface area contributed by atoms with Crippen molar-refractivity contribution in [1.82, 2.24) is 4.57 Å². The zero-order valence-electron chi connectivity index (χ0n) is 12.6. The van der Waals surface area contributed by atoms with E-state index in [9.17, 15) is 9.59 Å². The van der Waals surface area contributed by atoms with Crippen molar-refractivity contribution < 1.29 is 9.59 Å². The SMILES string of the molecule is CC(C)C(=O)c1cc2cc(NC(=O)C3CC3)ccc2n1C. The lowest BCUT2D eigenvalue weighted by molar-refractivity contribution is -0.117. The molecule has 4 nitrogen and oxygen atoms in total. The number of hydrogen-bond acceptors (Lipinski definition) is 2. The van der Waals surface area contributed by atoms with Gasteiger partial charge in [0.1, 0.15) is 0 Å². The molecule has 1 N–H and O–H groups in total. The van der Waals surface area contributed by atoms with Crippen LogP contribution in [0.15, 0.2) is 24.3 Å². The predicted octanol–water partition coefficient (Wildman–Crippen LogP) is 3.37. The van der Waals surface area contributed by atoms with Crippen LogP contribution in [-0.2, 0) is 11.8 Å². The third-order valence-corrected chi connectivity index (χ3v) is 4.03. The summed E-state index contributed by atoms with van der Waals surface area (Å²) in [7, 11) is 1.90. The molecule has 0 saturated heterocycles. The van der Waals surface area contributed by atoms with Crippen molar-refractivity contribution in [3.8, 4) is 0 Å². The van der Waals surface area contributed by atoms with E-state index in [1.807, 2.05) is 49.7 Å². The van der Waals surface area contributed by atoms with Gasteiger partial charge in [0.2, 0.25) is 5.91 Å². The summed E-state index contributed by atoms with van der Waals surface area (Å²) in [5, 5.41) is 3.93. The third-order valence-electron chi connectivity index (χ3n) is 4.03. The number of aromatic nitrogens is 1. The van der Waals surface area contributed by atoms with Gasteiger partial charge in [0.05, 0.1) is 5.69 Å². The van der Waals surface area contributed by atoms with Gasteiger partial charge in [0.15, 0.2) is 5.78 Å². The van der Waals surface area contributed by atoms with Crippen molar-refractivity contribution in [3.05, 3.63) is 30.0 Å². The summed E-state index contributed by atoms with van der Waals surface area (Å²) in [6.45, 7) is 3.81. The van der Waals surface area contributed by atoms with Gasteiger partial charge in [-0.25, -0.2) is 0 Å². The van der Waals surface area contributed by atoms with Crippen LogP contribution < -0.4 is 5.32 Å². The number of amides is 1. The van der Waals surface area contributed by atoms with Crippen LogP contribution in [-0.4, -0.2) is 16.3 Å². The number of rotatable bonds is 4. The van der Waals surface area contributed by atoms with Crippen LogP contribution in [0, 0.1) is 11.8 Å². The van der Waals surface area contributed by atoms with Crippen LogP contribution in [0.1, 0.15) is 37.2 Å². The van der Waals surface area contributed by atoms with E-state index in [2.05, 4.69) is 5.32 Å². The van der Waals surface area contributed by atoms with Gasteiger partial charge in [0, 0.05) is 35.5 Å². The maximum absolute atomic E-state index is 12.2. The van der Waals surface area contributed by atoms with Gasteiger partial charge < -0.3 is 9.88 Å². The molecule has 21 heavy (non-hydrogen) atoms. The van der Waals surface area contributed by atoms with E-state index in [1.165, 1.54) is 0 Å². The Morgan fingerprint density at radius 2 is 1.95 bits per heavy atom. The van der Waals surface area contributed by atoms with Crippen LogP contribution in [0.3, 0.4) is 0 Å². The van der Waals surface area contributed by atoms with E-state index in [-0.39, 0.29) is 23.5 Å². The maximum atomic E-state index is 12.2. The maximum Gasteiger partial charge on any atom is 0.227 e. The van der Waals surface area contributed by atoms with Gasteiger partial charge in [-0.1, -0.05) is 13.8 Å². The first-order chi connectivity index (χ1) is 9.97. The normalized spacial score (nSPS) is 14.7. The molecule has 0 radical (unpaired) electrons. The number of ketones is 1. The number of carbonyl (C=O) groups excluding carboxylic acids is 2. The van der Waals surface area contributed by atoms with E-state index in [0.29, 0.717) is 5.69 Å². The van der Waals surface area contributed by atoms with Gasteiger partial charge in [-0.05, 0) is 37.1 Å². The Balaban J connectivity index is 1.94. The molecule has 0 aliphatic heterocycles. The zero-order chi connectivity index (χ0) is 15.1. The fourth-order valence-electron chi connectivity index (χ4n) is 2.55. The molecule has 1 aliphatic carbocycles. The largest absolute Gasteiger partial charge is 0.341 e. The average molecular weight is 284 g/mol. The molecule has 0 atom stereocenters. The summed E-state index contributed by atoms with van der Waals surface area (Å²) in [5.41, 5.74) is 2.52. The second kappa shape index (κ2) is 5.02. The molecular formula is C17H20N2O2. The van der Waals surface area contributed by atoms with Gasteiger partial charge in [-0.15, -0.1) is 0 Å². The average Bonchev–Trinajstić information content (AvgIpc) is 3.24. The summed E-state index contributed by atoms with van der Waals surface area (Å²) >= 11 is 0. The van der Waals surface area contributed by atoms with Crippen LogP contribution in [0.4, 0.5) is 5.69 Å². The minimum Gasteiger partial charge on any atom is -0.341 e. The lowest BCUT2D eigenvalue weighted by atomic mass is 10.1. The van der Waals surface area contributed by atoms with Gasteiger partial charge >= 0.3 is 0 Å². The number of hydrogen-bond donors (Lipinski definition) is 1. The number of nitrogens with zero attached hydrogens (tertiary/aromatic N) is 1. The molecule has 4 heteroatoms. The van der Waals surface area contributed by atoms with Crippen LogP contribution >= 0.6 is 0 Å². The first-order valence-electron chi connectivity index (χ1n) is 7.42. The quantitative estimate of drug-likeness (QED) is 0.875. The number of nitrogens with one attached hydrogen (secondary N) is 1. The second-order valence-corrected chi connectivity index (χ2v) is 6.14. The first-order valence-corrected chi connectivity index (χ1v) is 7.42. The minimum absolute atomic E-state index is 0.0259. The number of benzene rings is 1. The van der Waals surface area contributed by atoms with E-state index in [1.54, 1.807) is 0 Å². The van der Waals surface area contributed by atoms with E-state index in [0.717, 1.165) is 29.4 Å². The third kappa shape index (κ3) is 2.58. The zero-order valence-corrected chi connectivity index (χ0v) is 12.6. The topological polar surface area (TPSA) is 51.1 Å². The number of aryl methyl sites for hydroxylation is 1. The number of Topliss-reactive ketones (excluding diaryl/α,β-unsaturated/α-hetero) is 1. The molecule has 2 aromatic rings. The van der Waals surface area contributed by atoms with E-state index >= 15 is 0 Å². The summed E-state index contributed by atoms with van der Waals surface area (Å²) in [4.78, 5) is 24.0. The second-order valence-electron chi connectivity index (χ2n) is 6.14. The molecule has 1 heterocycles. The van der Waals surface area contributed by atoms with Crippen LogP contribution in [0.5, 0.6) is 0 Å². The van der Waals surface area contributed by atoms with Crippen molar-refractivity contribution in [2.45, 2.75) is 26.7 Å². The summed E-state index contributed by atoms with van der Waals surface area (Å²) < 4.78 is 1.92. The Morgan fingerprint density at radius 1 is 1.24 bits per heavy atom. The Bertz CT molecular complexity index is 724. The molecular weight excluding hydrogens is 264 g/mol. The molecule has 1 amide bonds. The smallest absolute Gasteiger partial charge is 0.227 e. The fraction of sp³-hybridized carbons (Fsp3) is 0.412. The Kier molecular flexibility index (Phi) is 3.32. The van der Waals surface area contributed by atoms with Gasteiger partial charge in [-0.3, -0.25) is 9.59 Å². The number of fused-ring (bicyclic) bond motifs is 1.